The molecule has 1 fully saturated rings. The molecule has 7 nitrogen and oxygen atoms in total. The summed E-state index contributed by atoms with van der Waals surface area (Å²) in [5.41, 5.74) is 4.37. The van der Waals surface area contributed by atoms with E-state index >= 15 is 0 Å². The normalized spacial score (nSPS) is 19.1. The Labute approximate surface area is 177 Å². The molecule has 3 aromatic heterocycles. The zero-order chi connectivity index (χ0) is 21.6. The number of furan rings is 1. The third kappa shape index (κ3) is 3.85. The van der Waals surface area contributed by atoms with E-state index in [9.17, 15) is 13.6 Å². The molecule has 4 heterocycles. The number of ether oxygens (including phenoxy) is 1. The van der Waals surface area contributed by atoms with Crippen molar-refractivity contribution >= 4 is 5.91 Å². The summed E-state index contributed by atoms with van der Waals surface area (Å²) in [6.07, 6.45) is 4.11. The molecular formula is C22H22F2N4O3. The van der Waals surface area contributed by atoms with Crippen LogP contribution in [0.5, 0.6) is 0 Å². The summed E-state index contributed by atoms with van der Waals surface area (Å²) in [6.45, 7) is 1.79. The van der Waals surface area contributed by atoms with Crippen molar-refractivity contribution in [1.82, 2.24) is 20.1 Å². The van der Waals surface area contributed by atoms with Gasteiger partial charge in [-0.2, -0.15) is 5.10 Å². The average Bonchev–Trinajstić information content (AvgIpc) is 3.41. The standard InChI is InChI=1S/C22H22F2N4O3/c1-13-18-17(31-20(13)21(29)26-9-16-8-22(23,24)12-30-16)6-5-14-10-28(27-19(14)18)11-15-4-2-3-7-25-15/h2-4,7,10,16H,5-6,8-9,11-12H2,1H3,(H,26,29). The molecule has 0 saturated carbocycles. The number of carbonyl (C=O) groups excluding carboxylic acids is 1. The van der Waals surface area contributed by atoms with Gasteiger partial charge in [-0.15, -0.1) is 0 Å². The molecule has 1 unspecified atom stereocenters. The lowest BCUT2D eigenvalue weighted by Crippen LogP contribution is -2.32. The van der Waals surface area contributed by atoms with Crippen LogP contribution in [-0.4, -0.2) is 45.8 Å². The lowest BCUT2D eigenvalue weighted by molar-refractivity contribution is -0.00990. The summed E-state index contributed by atoms with van der Waals surface area (Å²) in [7, 11) is 0. The van der Waals surface area contributed by atoms with Crippen LogP contribution in [0.2, 0.25) is 0 Å². The molecular weight excluding hydrogens is 406 g/mol. The minimum atomic E-state index is -2.83. The first-order chi connectivity index (χ1) is 14.9. The Morgan fingerprint density at radius 1 is 1.35 bits per heavy atom. The maximum Gasteiger partial charge on any atom is 0.287 e. The monoisotopic (exact) mass is 428 g/mol. The van der Waals surface area contributed by atoms with Crippen molar-refractivity contribution in [3.05, 3.63) is 58.9 Å². The van der Waals surface area contributed by atoms with Gasteiger partial charge in [0.15, 0.2) is 5.76 Å². The smallest absolute Gasteiger partial charge is 0.287 e. The molecule has 9 heteroatoms. The highest BCUT2D eigenvalue weighted by molar-refractivity contribution is 5.95. The van der Waals surface area contributed by atoms with E-state index in [1.807, 2.05) is 36.0 Å². The highest BCUT2D eigenvalue weighted by Crippen LogP contribution is 2.38. The third-order valence-electron chi connectivity index (χ3n) is 5.72. The topological polar surface area (TPSA) is 82.2 Å². The number of rotatable bonds is 5. The Hall–Kier alpha value is -3.07. The van der Waals surface area contributed by atoms with Crippen LogP contribution in [0.15, 0.2) is 35.0 Å². The van der Waals surface area contributed by atoms with Crippen molar-refractivity contribution in [3.8, 4) is 11.3 Å². The number of hydrogen-bond acceptors (Lipinski definition) is 5. The Morgan fingerprint density at radius 3 is 2.97 bits per heavy atom. The Balaban J connectivity index is 1.34. The zero-order valence-corrected chi connectivity index (χ0v) is 17.0. The van der Waals surface area contributed by atoms with Crippen LogP contribution in [0.1, 0.15) is 39.6 Å². The second kappa shape index (κ2) is 7.56. The van der Waals surface area contributed by atoms with Crippen LogP contribution >= 0.6 is 0 Å². The van der Waals surface area contributed by atoms with Gasteiger partial charge in [0.05, 0.1) is 24.0 Å². The van der Waals surface area contributed by atoms with E-state index in [1.165, 1.54) is 0 Å². The minimum Gasteiger partial charge on any atom is -0.455 e. The van der Waals surface area contributed by atoms with Crippen molar-refractivity contribution in [3.63, 3.8) is 0 Å². The molecule has 0 spiro atoms. The highest BCUT2D eigenvalue weighted by atomic mass is 19.3. The van der Waals surface area contributed by atoms with Crippen LogP contribution in [0.4, 0.5) is 8.78 Å². The second-order valence-electron chi connectivity index (χ2n) is 8.08. The summed E-state index contributed by atoms with van der Waals surface area (Å²) in [4.78, 5) is 17.0. The van der Waals surface area contributed by atoms with Crippen LogP contribution in [-0.2, 0) is 24.1 Å². The SMILES string of the molecule is Cc1c(C(=O)NCC2CC(F)(F)CO2)oc2c1-c1nn(Cc3ccccn3)cc1CC2. The number of hydrogen-bond donors (Lipinski definition) is 1. The maximum absolute atomic E-state index is 13.3. The molecule has 0 radical (unpaired) electrons. The maximum atomic E-state index is 13.3. The largest absolute Gasteiger partial charge is 0.455 e. The first kappa shape index (κ1) is 19.9. The van der Waals surface area contributed by atoms with Crippen molar-refractivity contribution in [2.45, 2.75) is 44.8 Å². The van der Waals surface area contributed by atoms with Gasteiger partial charge in [-0.05, 0) is 31.0 Å². The van der Waals surface area contributed by atoms with Crippen molar-refractivity contribution in [1.29, 1.82) is 0 Å². The van der Waals surface area contributed by atoms with E-state index in [2.05, 4.69) is 10.3 Å². The zero-order valence-electron chi connectivity index (χ0n) is 17.0. The Kier molecular flexibility index (Phi) is 4.85. The molecule has 1 aliphatic carbocycles. The van der Waals surface area contributed by atoms with Gasteiger partial charge in [-0.25, -0.2) is 8.78 Å². The summed E-state index contributed by atoms with van der Waals surface area (Å²) >= 11 is 0. The van der Waals surface area contributed by atoms with Gasteiger partial charge in [0.1, 0.15) is 12.4 Å². The van der Waals surface area contributed by atoms with E-state index in [0.29, 0.717) is 18.5 Å². The Morgan fingerprint density at radius 2 is 2.23 bits per heavy atom. The van der Waals surface area contributed by atoms with Crippen LogP contribution < -0.4 is 5.32 Å². The number of nitrogens with zero attached hydrogens (tertiary/aromatic N) is 3. The molecule has 0 aromatic carbocycles. The number of carbonyl (C=O) groups is 1. The van der Waals surface area contributed by atoms with Crippen molar-refractivity contribution in [2.24, 2.45) is 0 Å². The highest BCUT2D eigenvalue weighted by Gasteiger charge is 2.41. The van der Waals surface area contributed by atoms with Gasteiger partial charge in [0, 0.05) is 42.9 Å². The van der Waals surface area contributed by atoms with E-state index in [4.69, 9.17) is 14.3 Å². The summed E-state index contributed by atoms with van der Waals surface area (Å²) in [5.74, 6) is -2.34. The molecule has 3 aromatic rings. The lowest BCUT2D eigenvalue weighted by atomic mass is 9.93. The second-order valence-corrected chi connectivity index (χ2v) is 8.08. The molecule has 1 amide bonds. The van der Waals surface area contributed by atoms with Gasteiger partial charge in [0.2, 0.25) is 0 Å². The fourth-order valence-corrected chi connectivity index (χ4v) is 4.23. The summed E-state index contributed by atoms with van der Waals surface area (Å²) in [6, 6.07) is 5.75. The van der Waals surface area contributed by atoms with Gasteiger partial charge in [0.25, 0.3) is 11.8 Å². The fourth-order valence-electron chi connectivity index (χ4n) is 4.23. The molecule has 2 aliphatic rings. The van der Waals surface area contributed by atoms with Crippen LogP contribution in [0.3, 0.4) is 0 Å². The number of fused-ring (bicyclic) bond motifs is 3. The average molecular weight is 428 g/mol. The number of aromatic nitrogens is 3. The first-order valence-corrected chi connectivity index (χ1v) is 10.3. The number of nitrogens with one attached hydrogen (secondary N) is 1. The number of pyridine rings is 1. The van der Waals surface area contributed by atoms with E-state index in [-0.39, 0.29) is 12.3 Å². The van der Waals surface area contributed by atoms with E-state index in [1.54, 1.807) is 6.20 Å². The molecule has 1 aliphatic heterocycles. The van der Waals surface area contributed by atoms with Gasteiger partial charge >= 0.3 is 0 Å². The number of alkyl halides is 2. The number of aryl methyl sites for hydroxylation is 2. The van der Waals surface area contributed by atoms with Gasteiger partial charge in [-0.1, -0.05) is 6.07 Å². The summed E-state index contributed by atoms with van der Waals surface area (Å²) < 4.78 is 39.3. The number of amides is 1. The molecule has 0 bridgehead atoms. The predicted molar refractivity (Wildman–Crippen MR) is 107 cm³/mol. The number of halogens is 2. The van der Waals surface area contributed by atoms with E-state index in [0.717, 1.165) is 34.7 Å². The predicted octanol–water partition coefficient (Wildman–Crippen LogP) is 3.15. The van der Waals surface area contributed by atoms with Crippen LogP contribution in [0.25, 0.3) is 11.3 Å². The molecule has 5 rings (SSSR count). The quantitative estimate of drug-likeness (QED) is 0.675. The van der Waals surface area contributed by atoms with Crippen LogP contribution in [0, 0.1) is 6.92 Å². The van der Waals surface area contributed by atoms with Gasteiger partial charge < -0.3 is 14.5 Å². The van der Waals surface area contributed by atoms with Crippen molar-refractivity contribution < 1.29 is 22.7 Å². The third-order valence-corrected chi connectivity index (χ3v) is 5.72. The molecule has 1 atom stereocenters. The minimum absolute atomic E-state index is 0.0170. The van der Waals surface area contributed by atoms with Gasteiger partial charge in [-0.3, -0.25) is 14.5 Å². The Bertz CT molecular complexity index is 1120. The van der Waals surface area contributed by atoms with Crippen molar-refractivity contribution in [2.75, 3.05) is 13.2 Å². The lowest BCUT2D eigenvalue weighted by Gasteiger charge is -2.10. The van der Waals surface area contributed by atoms with E-state index < -0.39 is 31.0 Å². The summed E-state index contributed by atoms with van der Waals surface area (Å²) in [5, 5.41) is 7.39. The molecule has 162 valence electrons. The molecule has 31 heavy (non-hydrogen) atoms. The fraction of sp³-hybridized carbons (Fsp3) is 0.409. The molecule has 1 N–H and O–H groups in total. The first-order valence-electron chi connectivity index (χ1n) is 10.3. The molecule has 1 saturated heterocycles.